The molecule has 39 heavy (non-hydrogen) atoms. The van der Waals surface area contributed by atoms with Gasteiger partial charge in [-0.2, -0.15) is 79.0 Å². The highest BCUT2D eigenvalue weighted by Gasteiger charge is 2.93. The Morgan fingerprint density at radius 1 is 0.718 bits per heavy atom. The van der Waals surface area contributed by atoms with Crippen molar-refractivity contribution >= 4 is 16.4 Å². The Labute approximate surface area is 207 Å². The van der Waals surface area contributed by atoms with E-state index in [1.165, 1.54) is 32.0 Å². The predicted octanol–water partition coefficient (Wildman–Crippen LogP) is 6.03. The number of amides is 1. The summed E-state index contributed by atoms with van der Waals surface area (Å²) in [5.41, 5.74) is 0.187. The minimum atomic E-state index is -8.52. The van der Waals surface area contributed by atoms with E-state index in [9.17, 15) is 79.1 Å². The summed E-state index contributed by atoms with van der Waals surface area (Å²) in [5, 5.41) is 0. The lowest BCUT2D eigenvalue weighted by Crippen LogP contribution is -2.73. The molecule has 1 rings (SSSR count). The molecule has 0 aliphatic carbocycles. The van der Waals surface area contributed by atoms with Gasteiger partial charge in [-0.1, -0.05) is 18.2 Å². The van der Waals surface area contributed by atoms with Gasteiger partial charge in [-0.05, 0) is 25.0 Å². The molecular formula is C17H12F15NO5S. The van der Waals surface area contributed by atoms with Crippen molar-refractivity contribution in [2.24, 2.45) is 0 Å². The van der Waals surface area contributed by atoms with Gasteiger partial charge in [-0.25, -0.2) is 4.79 Å². The summed E-state index contributed by atoms with van der Waals surface area (Å²) in [6, 6.07) is 3.93. The number of benzene rings is 1. The Hall–Kier alpha value is -2.81. The van der Waals surface area contributed by atoms with Gasteiger partial charge in [-0.3, -0.25) is 0 Å². The summed E-state index contributed by atoms with van der Waals surface area (Å²) in [6.45, 7) is -0.983. The molecule has 1 N–H and O–H groups in total. The summed E-state index contributed by atoms with van der Waals surface area (Å²) >= 11 is 0. The fraction of sp³-hybridized carbons (Fsp3) is 0.588. The summed E-state index contributed by atoms with van der Waals surface area (Å²) in [5.74, 6) is -48.8. The van der Waals surface area contributed by atoms with Gasteiger partial charge in [0, 0.05) is 0 Å². The number of aryl methyl sites for hydroxylation is 2. The topological polar surface area (TPSA) is 81.7 Å². The van der Waals surface area contributed by atoms with Crippen molar-refractivity contribution in [1.29, 1.82) is 0 Å². The van der Waals surface area contributed by atoms with Crippen LogP contribution in [0.4, 0.5) is 70.7 Å². The largest absolute Gasteiger partial charge is 0.460 e. The van der Waals surface area contributed by atoms with Crippen LogP contribution in [0.25, 0.3) is 0 Å². The number of nitrogens with one attached hydrogen (secondary N) is 1. The lowest BCUT2D eigenvalue weighted by molar-refractivity contribution is -0.453. The zero-order valence-electron chi connectivity index (χ0n) is 18.6. The van der Waals surface area contributed by atoms with Crippen molar-refractivity contribution in [3.05, 3.63) is 29.3 Å². The first-order chi connectivity index (χ1) is 17.0. The molecule has 1 amide bonds. The molecule has 0 radical (unpaired) electrons. The molecule has 0 saturated carbocycles. The average Bonchev–Trinajstić information content (AvgIpc) is 2.73. The maximum Gasteiger partial charge on any atom is 0.460 e. The van der Waals surface area contributed by atoms with Crippen molar-refractivity contribution in [2.45, 2.75) is 55.6 Å². The highest BCUT2D eigenvalue weighted by atomic mass is 32.2. The molecule has 1 aromatic rings. The molecule has 0 spiro atoms. The van der Waals surface area contributed by atoms with Crippen molar-refractivity contribution in [3.63, 3.8) is 0 Å². The fourth-order valence-corrected chi connectivity index (χ4v) is 3.23. The Kier molecular flexibility index (Phi) is 8.76. The number of para-hydroxylation sites is 1. The molecule has 6 nitrogen and oxygen atoms in total. The van der Waals surface area contributed by atoms with Crippen LogP contribution >= 0.6 is 0 Å². The van der Waals surface area contributed by atoms with E-state index in [4.69, 9.17) is 0 Å². The van der Waals surface area contributed by atoms with E-state index in [0.29, 0.717) is 4.72 Å². The smallest absolute Gasteiger partial charge is 0.442 e. The molecule has 0 aliphatic rings. The number of carbonyl (C=O) groups excluding carboxylic acids is 1. The quantitative estimate of drug-likeness (QED) is 0.321. The molecule has 0 saturated heterocycles. The van der Waals surface area contributed by atoms with Crippen molar-refractivity contribution < 1.29 is 88.0 Å². The predicted molar refractivity (Wildman–Crippen MR) is 95.7 cm³/mol. The highest BCUT2D eigenvalue weighted by molar-refractivity contribution is 7.85. The van der Waals surface area contributed by atoms with Crippen molar-refractivity contribution in [1.82, 2.24) is 4.72 Å². The lowest BCUT2D eigenvalue weighted by atomic mass is 9.91. The molecule has 226 valence electrons. The summed E-state index contributed by atoms with van der Waals surface area (Å²) in [6.07, 6.45) is -10.5. The second-order valence-corrected chi connectivity index (χ2v) is 8.79. The first-order valence-electron chi connectivity index (χ1n) is 9.29. The number of ether oxygens (including phenoxy) is 1. The van der Waals surface area contributed by atoms with Crippen LogP contribution in [-0.2, 0) is 15.0 Å². The maximum absolute atomic E-state index is 13.7. The van der Waals surface area contributed by atoms with Gasteiger partial charge >= 0.3 is 58.1 Å². The van der Waals surface area contributed by atoms with Gasteiger partial charge in [0.25, 0.3) is 0 Å². The number of hydrogen-bond acceptors (Lipinski definition) is 5. The van der Waals surface area contributed by atoms with Crippen molar-refractivity contribution in [2.75, 3.05) is 6.61 Å². The SMILES string of the molecule is Cc1cccc(C)c1OS(=O)(=O)NC(=O)OCC(F)(F)C(F)(F)C(F)(F)C(F)(F)C(F)(F)C(F)(F)C(F)(F)F. The van der Waals surface area contributed by atoms with E-state index in [0.717, 1.165) is 0 Å². The highest BCUT2D eigenvalue weighted by Crippen LogP contribution is 2.62. The Morgan fingerprint density at radius 3 is 1.51 bits per heavy atom. The number of carbonyl (C=O) groups is 1. The van der Waals surface area contributed by atoms with E-state index < -0.39 is 70.5 Å². The number of halogens is 15. The minimum absolute atomic E-state index is 0.0935. The molecular weight excluding hydrogens is 615 g/mol. The normalized spacial score (nSPS) is 14.7. The molecule has 0 aliphatic heterocycles. The second-order valence-electron chi connectivity index (χ2n) is 7.51. The van der Waals surface area contributed by atoms with Crippen molar-refractivity contribution in [3.8, 4) is 5.75 Å². The van der Waals surface area contributed by atoms with Gasteiger partial charge in [0.2, 0.25) is 0 Å². The van der Waals surface area contributed by atoms with Gasteiger partial charge in [0.05, 0.1) is 0 Å². The van der Waals surface area contributed by atoms with E-state index >= 15 is 0 Å². The van der Waals surface area contributed by atoms with Gasteiger partial charge in [0.1, 0.15) is 5.75 Å². The van der Waals surface area contributed by atoms with Crippen LogP contribution < -0.4 is 8.91 Å². The molecule has 0 aromatic heterocycles. The van der Waals surface area contributed by atoms with Gasteiger partial charge in [0.15, 0.2) is 6.61 Å². The zero-order valence-corrected chi connectivity index (χ0v) is 19.4. The third kappa shape index (κ3) is 5.88. The van der Waals surface area contributed by atoms with Crippen LogP contribution in [0, 0.1) is 13.8 Å². The molecule has 0 bridgehead atoms. The first-order valence-corrected chi connectivity index (χ1v) is 10.7. The summed E-state index contributed by atoms with van der Waals surface area (Å²) in [7, 11) is -5.40. The minimum Gasteiger partial charge on any atom is -0.442 e. The molecule has 0 atom stereocenters. The van der Waals surface area contributed by atoms with Gasteiger partial charge < -0.3 is 8.92 Å². The van der Waals surface area contributed by atoms with Crippen LogP contribution in [0.2, 0.25) is 0 Å². The number of alkyl halides is 15. The Balaban J connectivity index is 3.19. The lowest BCUT2D eigenvalue weighted by Gasteiger charge is -2.41. The molecule has 0 unspecified atom stereocenters. The molecule has 1 aromatic carbocycles. The zero-order chi connectivity index (χ0) is 31.3. The molecule has 0 heterocycles. The second kappa shape index (κ2) is 9.98. The van der Waals surface area contributed by atoms with E-state index in [-0.39, 0.29) is 11.1 Å². The molecule has 22 heteroatoms. The van der Waals surface area contributed by atoms with E-state index in [1.807, 2.05) is 0 Å². The third-order valence-corrected chi connectivity index (χ3v) is 5.39. The third-order valence-electron chi connectivity index (χ3n) is 4.59. The van der Waals surface area contributed by atoms with Crippen LogP contribution in [0.5, 0.6) is 5.75 Å². The van der Waals surface area contributed by atoms with Crippen LogP contribution in [0.1, 0.15) is 11.1 Å². The standard InChI is InChI=1S/C17H12F15NO5S/c1-7-4-3-5-8(2)9(7)38-39(35,36)33-10(34)37-6-11(18,19)12(20,21)13(22,23)14(24,25)15(26,27)16(28,29)17(30,31)32/h3-5H,6H2,1-2H3,(H,33,34). The van der Waals surface area contributed by atoms with E-state index in [1.54, 1.807) is 0 Å². The maximum atomic E-state index is 13.7. The van der Waals surface area contributed by atoms with Crippen LogP contribution in [0.15, 0.2) is 18.2 Å². The fourth-order valence-electron chi connectivity index (χ4n) is 2.44. The summed E-state index contributed by atoms with van der Waals surface area (Å²) in [4.78, 5) is 11.4. The Morgan fingerprint density at radius 2 is 1.10 bits per heavy atom. The average molecular weight is 627 g/mol. The number of hydrogen-bond donors (Lipinski definition) is 1. The molecule has 0 fully saturated rings. The summed E-state index contributed by atoms with van der Waals surface area (Å²) < 4.78 is 228. The first kappa shape index (κ1) is 34.2. The van der Waals surface area contributed by atoms with Gasteiger partial charge in [-0.15, -0.1) is 0 Å². The van der Waals surface area contributed by atoms with E-state index in [2.05, 4.69) is 8.92 Å². The monoisotopic (exact) mass is 627 g/mol. The van der Waals surface area contributed by atoms with Crippen LogP contribution in [-0.4, -0.2) is 62.8 Å². The Bertz CT molecular complexity index is 1160. The number of rotatable bonds is 10. The van der Waals surface area contributed by atoms with Crippen LogP contribution in [0.3, 0.4) is 0 Å².